The number of hydrogen-bond donors (Lipinski definition) is 1. The fourth-order valence-electron chi connectivity index (χ4n) is 5.37. The van der Waals surface area contributed by atoms with Gasteiger partial charge in [-0.15, -0.1) is 21.5 Å². The molecule has 0 spiro atoms. The maximum absolute atomic E-state index is 13.9. The van der Waals surface area contributed by atoms with Crippen molar-refractivity contribution in [2.75, 3.05) is 34.2 Å². The van der Waals surface area contributed by atoms with Crippen LogP contribution in [0.2, 0.25) is 0 Å². The van der Waals surface area contributed by atoms with E-state index < -0.39 is 0 Å². The molecule has 49 heavy (non-hydrogen) atoms. The summed E-state index contributed by atoms with van der Waals surface area (Å²) in [7, 11) is 6.24. The van der Waals surface area contributed by atoms with Crippen LogP contribution < -0.4 is 24.3 Å². The Morgan fingerprint density at radius 2 is 1.61 bits per heavy atom. The van der Waals surface area contributed by atoms with Gasteiger partial charge in [-0.05, 0) is 53.4 Å². The van der Waals surface area contributed by atoms with Gasteiger partial charge in [0.25, 0.3) is 11.8 Å². The fraction of sp³-hybridized carbons (Fsp3) is 0.229. The summed E-state index contributed by atoms with van der Waals surface area (Å²) >= 11 is 2.82. The Bertz CT molecular complexity index is 1940. The summed E-state index contributed by atoms with van der Waals surface area (Å²) in [4.78, 5) is 28.1. The molecule has 2 amide bonds. The second-order valence-electron chi connectivity index (χ2n) is 10.7. The molecule has 3 heterocycles. The number of hydrogen-bond acceptors (Lipinski definition) is 11. The summed E-state index contributed by atoms with van der Waals surface area (Å²) in [5, 5.41) is 20.6. The Kier molecular flexibility index (Phi) is 10.4. The van der Waals surface area contributed by atoms with Crippen molar-refractivity contribution in [3.05, 3.63) is 106 Å². The Morgan fingerprint density at radius 3 is 2.29 bits per heavy atom. The van der Waals surface area contributed by atoms with Gasteiger partial charge in [0.2, 0.25) is 0 Å². The smallest absolute Gasteiger partial charge is 0.253 e. The number of ether oxygens (including phenoxy) is 4. The molecule has 2 aromatic heterocycles. The lowest BCUT2D eigenvalue weighted by Crippen LogP contribution is -2.28. The van der Waals surface area contributed by atoms with Gasteiger partial charge >= 0.3 is 0 Å². The monoisotopic (exact) mass is 698 g/mol. The number of amides is 2. The molecule has 0 aliphatic carbocycles. The molecule has 5 aromatic rings. The first-order valence-corrected chi connectivity index (χ1v) is 17.1. The average Bonchev–Trinajstić information content (AvgIpc) is 3.93. The first-order chi connectivity index (χ1) is 23.9. The molecule has 252 valence electrons. The van der Waals surface area contributed by atoms with Crippen LogP contribution >= 0.6 is 23.1 Å². The normalized spacial score (nSPS) is 13.9. The van der Waals surface area contributed by atoms with E-state index in [9.17, 15) is 9.59 Å². The predicted molar refractivity (Wildman–Crippen MR) is 187 cm³/mol. The largest absolute Gasteiger partial charge is 0.497 e. The summed E-state index contributed by atoms with van der Waals surface area (Å²) in [6, 6.07) is 23.8. The van der Waals surface area contributed by atoms with Crippen molar-refractivity contribution in [2.45, 2.75) is 24.2 Å². The van der Waals surface area contributed by atoms with Crippen molar-refractivity contribution in [3.8, 4) is 28.7 Å². The maximum atomic E-state index is 13.9. The van der Waals surface area contributed by atoms with E-state index in [1.165, 1.54) is 26.0 Å². The number of rotatable bonds is 13. The number of methoxy groups -OCH3 is 4. The minimum absolute atomic E-state index is 0.0388. The van der Waals surface area contributed by atoms with E-state index in [1.807, 2.05) is 66.0 Å². The van der Waals surface area contributed by atoms with E-state index in [1.54, 1.807) is 53.3 Å². The van der Waals surface area contributed by atoms with Crippen LogP contribution in [0, 0.1) is 0 Å². The van der Waals surface area contributed by atoms with Crippen LogP contribution in [0.5, 0.6) is 23.0 Å². The summed E-state index contributed by atoms with van der Waals surface area (Å²) in [6.45, 7) is 0.0397. The zero-order valence-electron chi connectivity index (χ0n) is 27.3. The van der Waals surface area contributed by atoms with Crippen molar-refractivity contribution in [1.82, 2.24) is 25.1 Å². The van der Waals surface area contributed by atoms with Crippen molar-refractivity contribution < 1.29 is 28.5 Å². The van der Waals surface area contributed by atoms with Crippen molar-refractivity contribution >= 4 is 40.6 Å². The van der Waals surface area contributed by atoms with Crippen LogP contribution in [-0.4, -0.2) is 71.5 Å². The number of benzene rings is 3. The van der Waals surface area contributed by atoms with Gasteiger partial charge in [-0.2, -0.15) is 5.10 Å². The topological polar surface area (TPSA) is 129 Å². The van der Waals surface area contributed by atoms with Gasteiger partial charge in [0.1, 0.15) is 23.0 Å². The molecule has 12 nitrogen and oxygen atoms in total. The predicted octanol–water partition coefficient (Wildman–Crippen LogP) is 5.76. The summed E-state index contributed by atoms with van der Waals surface area (Å²) < 4.78 is 23.4. The molecule has 0 saturated heterocycles. The highest BCUT2D eigenvalue weighted by Gasteiger charge is 2.34. The van der Waals surface area contributed by atoms with E-state index in [0.29, 0.717) is 45.9 Å². The number of thioether (sulfide) groups is 1. The van der Waals surface area contributed by atoms with E-state index in [2.05, 4.69) is 15.5 Å². The zero-order valence-corrected chi connectivity index (χ0v) is 28.9. The molecule has 6 rings (SSSR count). The van der Waals surface area contributed by atoms with Crippen LogP contribution in [0.3, 0.4) is 0 Å². The third-order valence-corrected chi connectivity index (χ3v) is 9.68. The molecular weight excluding hydrogens is 665 g/mol. The number of nitrogens with zero attached hydrogens (tertiary/aromatic N) is 5. The lowest BCUT2D eigenvalue weighted by atomic mass is 10.0. The molecule has 0 radical (unpaired) electrons. The highest BCUT2D eigenvalue weighted by Crippen LogP contribution is 2.36. The molecule has 0 fully saturated rings. The van der Waals surface area contributed by atoms with Gasteiger partial charge in [-0.25, -0.2) is 5.01 Å². The SMILES string of the molecule is COc1ccc([C@@H]2CC(c3cccs3)=NN2C(=O)CSc2nnc(CNC(=O)c3cc(OC)cc(OC)c3)n2-c2ccccc2OC)cc1. The highest BCUT2D eigenvalue weighted by atomic mass is 32.2. The standard InChI is InChI=1S/C35H34N6O6S2/c1-44-24-13-11-22(12-14-24)29-19-27(31-10-7-15-48-31)39-41(29)33(42)21-49-35-38-37-32(40(35)28-8-5-6-9-30(28)47-4)20-36-34(43)23-16-25(45-2)18-26(17-23)46-3/h5-18,29H,19-21H2,1-4H3,(H,36,43)/t29-/m0/s1. The van der Waals surface area contributed by atoms with E-state index >= 15 is 0 Å². The molecule has 3 aromatic carbocycles. The first kappa shape index (κ1) is 33.6. The number of carbonyl (C=O) groups is 2. The molecule has 1 atom stereocenters. The summed E-state index contributed by atoms with van der Waals surface area (Å²) in [6.07, 6.45) is 0.587. The van der Waals surface area contributed by atoms with Gasteiger partial charge in [0.15, 0.2) is 11.0 Å². The highest BCUT2D eigenvalue weighted by molar-refractivity contribution is 7.99. The Balaban J connectivity index is 1.25. The Morgan fingerprint density at radius 1 is 0.878 bits per heavy atom. The summed E-state index contributed by atoms with van der Waals surface area (Å²) in [5.41, 5.74) is 2.84. The number of aromatic nitrogens is 3. The quantitative estimate of drug-likeness (QED) is 0.153. The second kappa shape index (κ2) is 15.3. The average molecular weight is 699 g/mol. The van der Waals surface area contributed by atoms with E-state index in [0.717, 1.165) is 21.9 Å². The van der Waals surface area contributed by atoms with Crippen LogP contribution in [-0.2, 0) is 11.3 Å². The van der Waals surface area contributed by atoms with Gasteiger partial charge < -0.3 is 24.3 Å². The van der Waals surface area contributed by atoms with Crippen molar-refractivity contribution in [3.63, 3.8) is 0 Å². The van der Waals surface area contributed by atoms with Crippen molar-refractivity contribution in [2.24, 2.45) is 5.10 Å². The molecule has 0 saturated carbocycles. The Hall–Kier alpha value is -5.34. The molecule has 1 aliphatic heterocycles. The van der Waals surface area contributed by atoms with Crippen molar-refractivity contribution in [1.29, 1.82) is 0 Å². The van der Waals surface area contributed by atoms with Crippen LogP contribution in [0.15, 0.2) is 94.5 Å². The molecule has 14 heteroatoms. The number of nitrogens with one attached hydrogen (secondary N) is 1. The minimum Gasteiger partial charge on any atom is -0.497 e. The minimum atomic E-state index is -0.353. The van der Waals surface area contributed by atoms with Gasteiger partial charge in [-0.3, -0.25) is 14.2 Å². The number of para-hydroxylation sites is 2. The first-order valence-electron chi connectivity index (χ1n) is 15.2. The molecule has 0 bridgehead atoms. The molecule has 1 aliphatic rings. The lowest BCUT2D eigenvalue weighted by Gasteiger charge is -2.22. The summed E-state index contributed by atoms with van der Waals surface area (Å²) in [5.74, 6) is 2.23. The number of thiophene rings is 1. The molecule has 1 N–H and O–H groups in total. The van der Waals surface area contributed by atoms with Crippen LogP contribution in [0.4, 0.5) is 0 Å². The Labute approximate surface area is 291 Å². The van der Waals surface area contributed by atoms with Crippen LogP contribution in [0.1, 0.15) is 39.1 Å². The third kappa shape index (κ3) is 7.39. The van der Waals surface area contributed by atoms with E-state index in [-0.39, 0.29) is 30.2 Å². The third-order valence-electron chi connectivity index (χ3n) is 7.84. The van der Waals surface area contributed by atoms with E-state index in [4.69, 9.17) is 24.0 Å². The zero-order chi connectivity index (χ0) is 34.3. The molecular formula is C35H34N6O6S2. The van der Waals surface area contributed by atoms with Crippen LogP contribution in [0.25, 0.3) is 5.69 Å². The fourth-order valence-corrected chi connectivity index (χ4v) is 6.91. The lowest BCUT2D eigenvalue weighted by molar-refractivity contribution is -0.130. The number of hydrazone groups is 1. The number of carbonyl (C=O) groups excluding carboxylic acids is 2. The maximum Gasteiger partial charge on any atom is 0.253 e. The van der Waals surface area contributed by atoms with Gasteiger partial charge in [0.05, 0.1) is 63.1 Å². The second-order valence-corrected chi connectivity index (χ2v) is 12.6. The van der Waals surface area contributed by atoms with Gasteiger partial charge in [-0.1, -0.05) is 42.1 Å². The molecule has 0 unspecified atom stereocenters. The van der Waals surface area contributed by atoms with Gasteiger partial charge in [0, 0.05) is 18.1 Å².